The highest BCUT2D eigenvalue weighted by atomic mass is 35.5. The Morgan fingerprint density at radius 3 is 2.44 bits per heavy atom. The lowest BCUT2D eigenvalue weighted by atomic mass is 10.1. The third-order valence-electron chi connectivity index (χ3n) is 6.36. The monoisotopic (exact) mass is 503 g/mol. The number of nitrogens with zero attached hydrogens (tertiary/aromatic N) is 2. The van der Waals surface area contributed by atoms with Crippen LogP contribution in [0.4, 0.5) is 0 Å². The van der Waals surface area contributed by atoms with E-state index in [1.807, 2.05) is 0 Å². The second kappa shape index (κ2) is 9.76. The number of carbonyl (C=O) groups excluding carboxylic acids is 3. The molecule has 2 aliphatic rings. The normalized spacial score (nSPS) is 17.9. The molecule has 0 aromatic heterocycles. The van der Waals surface area contributed by atoms with Gasteiger partial charge < -0.3 is 10.2 Å². The highest BCUT2D eigenvalue weighted by Gasteiger charge is 2.43. The molecule has 0 spiro atoms. The summed E-state index contributed by atoms with van der Waals surface area (Å²) in [5.41, 5.74) is 0.636. The van der Waals surface area contributed by atoms with Crippen LogP contribution in [0.15, 0.2) is 53.4 Å². The number of nitrogens with one attached hydrogen (secondary N) is 1. The highest BCUT2D eigenvalue weighted by molar-refractivity contribution is 7.90. The van der Waals surface area contributed by atoms with Crippen LogP contribution >= 0.6 is 11.6 Å². The molecule has 4 rings (SSSR count). The molecular formula is C24H26ClN3O5S. The van der Waals surface area contributed by atoms with Gasteiger partial charge in [-0.05, 0) is 43.5 Å². The van der Waals surface area contributed by atoms with Crippen molar-refractivity contribution in [2.75, 3.05) is 6.54 Å². The molecule has 2 aromatic rings. The Morgan fingerprint density at radius 1 is 1.12 bits per heavy atom. The van der Waals surface area contributed by atoms with Gasteiger partial charge in [-0.3, -0.25) is 14.4 Å². The maximum absolute atomic E-state index is 13.4. The molecule has 1 N–H and O–H groups in total. The van der Waals surface area contributed by atoms with Gasteiger partial charge in [0.25, 0.3) is 15.9 Å². The van der Waals surface area contributed by atoms with Gasteiger partial charge in [0.15, 0.2) is 0 Å². The minimum Gasteiger partial charge on any atom is -0.352 e. The van der Waals surface area contributed by atoms with E-state index in [4.69, 9.17) is 11.6 Å². The first-order chi connectivity index (χ1) is 16.2. The molecule has 0 bridgehead atoms. The molecule has 1 aliphatic carbocycles. The summed E-state index contributed by atoms with van der Waals surface area (Å²) in [5, 5.41) is 3.40. The second-order valence-corrected chi connectivity index (χ2v) is 10.8. The van der Waals surface area contributed by atoms with Crippen molar-refractivity contribution in [3.63, 3.8) is 0 Å². The number of hydrogen-bond acceptors (Lipinski definition) is 5. The predicted molar refractivity (Wildman–Crippen MR) is 127 cm³/mol. The number of amides is 3. The molecular weight excluding hydrogens is 478 g/mol. The SMILES string of the molecule is CC(C(=O)NC1CCCC1)N(Cc1ccccc1Cl)C(=O)CN1C(=O)c2ccccc2S1(=O)=O. The van der Waals surface area contributed by atoms with Crippen molar-refractivity contribution < 1.29 is 22.8 Å². The lowest BCUT2D eigenvalue weighted by Gasteiger charge is -2.31. The minimum atomic E-state index is -4.16. The Kier molecular flexibility index (Phi) is 6.95. The van der Waals surface area contributed by atoms with E-state index in [1.54, 1.807) is 37.3 Å². The van der Waals surface area contributed by atoms with Gasteiger partial charge in [-0.25, -0.2) is 12.7 Å². The zero-order valence-electron chi connectivity index (χ0n) is 18.7. The topological polar surface area (TPSA) is 104 Å². The van der Waals surface area contributed by atoms with E-state index in [2.05, 4.69) is 5.32 Å². The van der Waals surface area contributed by atoms with E-state index in [1.165, 1.54) is 23.1 Å². The zero-order valence-corrected chi connectivity index (χ0v) is 20.3. The Labute approximate surface area is 203 Å². The number of rotatable bonds is 7. The predicted octanol–water partition coefficient (Wildman–Crippen LogP) is 2.96. The molecule has 1 unspecified atom stereocenters. The van der Waals surface area contributed by atoms with Crippen LogP contribution in [-0.4, -0.2) is 54.0 Å². The molecule has 1 atom stereocenters. The van der Waals surface area contributed by atoms with Crippen LogP contribution in [0.25, 0.3) is 0 Å². The summed E-state index contributed by atoms with van der Waals surface area (Å²) in [6.45, 7) is 0.877. The Hall–Kier alpha value is -2.91. The Morgan fingerprint density at radius 2 is 1.76 bits per heavy atom. The number of hydrogen-bond donors (Lipinski definition) is 1. The van der Waals surface area contributed by atoms with Crippen LogP contribution in [0.2, 0.25) is 5.02 Å². The molecule has 10 heteroatoms. The van der Waals surface area contributed by atoms with E-state index >= 15 is 0 Å². The first-order valence-electron chi connectivity index (χ1n) is 11.2. The molecule has 180 valence electrons. The van der Waals surface area contributed by atoms with Crippen LogP contribution in [-0.2, 0) is 26.2 Å². The summed E-state index contributed by atoms with van der Waals surface area (Å²) >= 11 is 6.30. The maximum Gasteiger partial charge on any atom is 0.269 e. The van der Waals surface area contributed by atoms with Crippen LogP contribution < -0.4 is 5.32 Å². The Bertz CT molecular complexity index is 1230. The molecule has 1 saturated carbocycles. The smallest absolute Gasteiger partial charge is 0.269 e. The molecule has 34 heavy (non-hydrogen) atoms. The van der Waals surface area contributed by atoms with Gasteiger partial charge in [0.1, 0.15) is 17.5 Å². The van der Waals surface area contributed by atoms with Gasteiger partial charge in [-0.1, -0.05) is 54.8 Å². The quantitative estimate of drug-likeness (QED) is 0.625. The summed E-state index contributed by atoms with van der Waals surface area (Å²) < 4.78 is 26.4. The van der Waals surface area contributed by atoms with Crippen LogP contribution in [0.1, 0.15) is 48.5 Å². The van der Waals surface area contributed by atoms with E-state index in [0.717, 1.165) is 25.7 Å². The lowest BCUT2D eigenvalue weighted by molar-refractivity contribution is -0.140. The van der Waals surface area contributed by atoms with Crippen LogP contribution in [0.3, 0.4) is 0 Å². The van der Waals surface area contributed by atoms with Crippen molar-refractivity contribution in [3.05, 3.63) is 64.7 Å². The number of carbonyl (C=O) groups is 3. The van der Waals surface area contributed by atoms with E-state index in [-0.39, 0.29) is 29.0 Å². The molecule has 2 aromatic carbocycles. The molecule has 3 amide bonds. The lowest BCUT2D eigenvalue weighted by Crippen LogP contribution is -2.52. The van der Waals surface area contributed by atoms with Crippen molar-refractivity contribution in [3.8, 4) is 0 Å². The van der Waals surface area contributed by atoms with E-state index in [9.17, 15) is 22.8 Å². The fraction of sp³-hybridized carbons (Fsp3) is 0.375. The van der Waals surface area contributed by atoms with Crippen LogP contribution in [0.5, 0.6) is 0 Å². The molecule has 1 aliphatic heterocycles. The summed E-state index contributed by atoms with van der Waals surface area (Å²) in [7, 11) is -4.16. The van der Waals surface area contributed by atoms with Crippen LogP contribution in [0, 0.1) is 0 Å². The summed E-state index contributed by atoms with van der Waals surface area (Å²) in [6.07, 6.45) is 3.85. The average Bonchev–Trinajstić information content (AvgIpc) is 3.39. The summed E-state index contributed by atoms with van der Waals surface area (Å²) in [5.74, 6) is -1.75. The number of sulfonamides is 1. The zero-order chi connectivity index (χ0) is 24.5. The van der Waals surface area contributed by atoms with Gasteiger partial charge in [-0.15, -0.1) is 0 Å². The first-order valence-corrected chi connectivity index (χ1v) is 13.0. The van der Waals surface area contributed by atoms with Crippen molar-refractivity contribution >= 4 is 39.3 Å². The first kappa shape index (κ1) is 24.2. The fourth-order valence-corrected chi connectivity index (χ4v) is 6.10. The second-order valence-electron chi connectivity index (χ2n) is 8.59. The largest absolute Gasteiger partial charge is 0.352 e. The third kappa shape index (κ3) is 4.67. The van der Waals surface area contributed by atoms with E-state index in [0.29, 0.717) is 14.9 Å². The third-order valence-corrected chi connectivity index (χ3v) is 8.51. The average molecular weight is 504 g/mol. The molecule has 0 radical (unpaired) electrons. The van der Waals surface area contributed by atoms with Crippen molar-refractivity contribution in [1.82, 2.24) is 14.5 Å². The van der Waals surface area contributed by atoms with Gasteiger partial charge in [0.2, 0.25) is 11.8 Å². The van der Waals surface area contributed by atoms with E-state index < -0.39 is 34.4 Å². The van der Waals surface area contributed by atoms with Gasteiger partial charge in [0.05, 0.1) is 5.56 Å². The van der Waals surface area contributed by atoms with Gasteiger partial charge >= 0.3 is 0 Å². The standard InChI is InChI=1S/C24H26ClN3O5S/c1-16(23(30)26-18-9-3-4-10-18)27(14-17-8-2-6-12-20(17)25)22(29)15-28-24(31)19-11-5-7-13-21(19)34(28,32)33/h2,5-8,11-13,16,18H,3-4,9-10,14-15H2,1H3,(H,26,30). The maximum atomic E-state index is 13.4. The number of fused-ring (bicyclic) bond motifs is 1. The van der Waals surface area contributed by atoms with Gasteiger partial charge in [0, 0.05) is 17.6 Å². The Balaban J connectivity index is 1.59. The number of benzene rings is 2. The fourth-order valence-electron chi connectivity index (χ4n) is 4.39. The molecule has 1 fully saturated rings. The minimum absolute atomic E-state index is 0.00716. The van der Waals surface area contributed by atoms with Crippen molar-refractivity contribution in [1.29, 1.82) is 0 Å². The van der Waals surface area contributed by atoms with Gasteiger partial charge in [-0.2, -0.15) is 0 Å². The molecule has 0 saturated heterocycles. The van der Waals surface area contributed by atoms with Crippen molar-refractivity contribution in [2.45, 2.75) is 56.1 Å². The number of halogens is 1. The molecule has 1 heterocycles. The molecule has 8 nitrogen and oxygen atoms in total. The summed E-state index contributed by atoms with van der Waals surface area (Å²) in [4.78, 5) is 40.4. The summed E-state index contributed by atoms with van der Waals surface area (Å²) in [6, 6.07) is 11.9. The van der Waals surface area contributed by atoms with Crippen molar-refractivity contribution in [2.24, 2.45) is 0 Å². The highest BCUT2D eigenvalue weighted by Crippen LogP contribution is 2.30.